The first-order valence-electron chi connectivity index (χ1n) is 5.73. The van der Waals surface area contributed by atoms with E-state index in [0.717, 1.165) is 16.5 Å². The lowest BCUT2D eigenvalue weighted by molar-refractivity contribution is 0.0691. The maximum atomic E-state index is 12.3. The molecule has 0 saturated heterocycles. The molecule has 0 atom stereocenters. The van der Waals surface area contributed by atoms with Crippen molar-refractivity contribution >= 4 is 27.3 Å². The Morgan fingerprint density at radius 3 is 2.70 bits per heavy atom. The zero-order valence-corrected chi connectivity index (χ0v) is 12.6. The van der Waals surface area contributed by atoms with Crippen LogP contribution in [0, 0.1) is 6.92 Å². The molecule has 0 aliphatic rings. The maximum absolute atomic E-state index is 12.3. The van der Waals surface area contributed by atoms with Gasteiger partial charge in [0.2, 0.25) is 10.0 Å². The van der Waals surface area contributed by atoms with E-state index in [1.54, 1.807) is 0 Å². The monoisotopic (exact) mass is 314 g/mol. The Balaban J connectivity index is 2.25. The molecule has 0 spiro atoms. The van der Waals surface area contributed by atoms with Crippen molar-refractivity contribution in [3.05, 3.63) is 39.8 Å². The normalized spacial score (nSPS) is 11.9. The number of aryl methyl sites for hydroxylation is 1. The van der Waals surface area contributed by atoms with Crippen molar-refractivity contribution in [1.29, 1.82) is 0 Å². The third-order valence-corrected chi connectivity index (χ3v) is 5.72. The lowest BCUT2D eigenvalue weighted by atomic mass is 10.3. The van der Waals surface area contributed by atoms with E-state index in [1.165, 1.54) is 28.9 Å². The minimum atomic E-state index is -3.70. The van der Waals surface area contributed by atoms with Crippen molar-refractivity contribution in [2.75, 3.05) is 7.05 Å². The molecule has 2 aromatic rings. The van der Waals surface area contributed by atoms with Crippen LogP contribution in [-0.2, 0) is 16.6 Å². The van der Waals surface area contributed by atoms with Crippen LogP contribution in [0.25, 0.3) is 0 Å². The lowest BCUT2D eigenvalue weighted by Gasteiger charge is -2.15. The first kappa shape index (κ1) is 14.8. The van der Waals surface area contributed by atoms with Gasteiger partial charge in [-0.15, -0.1) is 11.3 Å². The van der Waals surface area contributed by atoms with Crippen molar-refractivity contribution in [1.82, 2.24) is 9.29 Å². The summed E-state index contributed by atoms with van der Waals surface area (Å²) in [7, 11) is -2.22. The molecule has 0 unspecified atom stereocenters. The molecular formula is C12H14N2O4S2. The number of H-pyrrole nitrogens is 1. The van der Waals surface area contributed by atoms with Crippen LogP contribution < -0.4 is 0 Å². The average molecular weight is 314 g/mol. The molecule has 2 N–H and O–H groups in total. The van der Waals surface area contributed by atoms with Gasteiger partial charge in [-0.25, -0.2) is 13.2 Å². The Morgan fingerprint density at radius 2 is 2.20 bits per heavy atom. The highest BCUT2D eigenvalue weighted by Gasteiger charge is 2.24. The molecule has 0 saturated carbocycles. The van der Waals surface area contributed by atoms with E-state index in [2.05, 4.69) is 4.98 Å². The van der Waals surface area contributed by atoms with E-state index in [4.69, 9.17) is 5.11 Å². The summed E-state index contributed by atoms with van der Waals surface area (Å²) in [6.45, 7) is 2.19. The molecule has 2 heterocycles. The number of rotatable bonds is 5. The van der Waals surface area contributed by atoms with E-state index in [9.17, 15) is 13.2 Å². The van der Waals surface area contributed by atoms with Crippen LogP contribution >= 0.6 is 11.3 Å². The van der Waals surface area contributed by atoms with E-state index >= 15 is 0 Å². The van der Waals surface area contributed by atoms with Crippen LogP contribution in [0.2, 0.25) is 0 Å². The Bertz CT molecular complexity index is 730. The fourth-order valence-corrected chi connectivity index (χ4v) is 3.85. The minimum absolute atomic E-state index is 0.0494. The van der Waals surface area contributed by atoms with Gasteiger partial charge in [0, 0.05) is 24.7 Å². The number of nitrogens with one attached hydrogen (secondary N) is 1. The number of carboxylic acids is 1. The van der Waals surface area contributed by atoms with Gasteiger partial charge in [0.05, 0.1) is 0 Å². The first-order valence-corrected chi connectivity index (χ1v) is 8.05. The third kappa shape index (κ3) is 2.77. The standard InChI is InChI=1S/C12H14N2O4S2/c1-8-3-4-19-11(8)7-14(2)20(17,18)9-5-10(12(15)16)13-6-9/h3-6,13H,7H2,1-2H3,(H,15,16). The number of aromatic carboxylic acids is 1. The second kappa shape index (κ2) is 5.39. The van der Waals surface area contributed by atoms with Crippen molar-refractivity contribution in [3.63, 3.8) is 0 Å². The van der Waals surface area contributed by atoms with E-state index < -0.39 is 16.0 Å². The summed E-state index contributed by atoms with van der Waals surface area (Å²) in [5, 5.41) is 10.7. The number of thiophene rings is 1. The Kier molecular flexibility index (Phi) is 3.98. The molecule has 0 fully saturated rings. The van der Waals surface area contributed by atoms with Crippen molar-refractivity contribution in [3.8, 4) is 0 Å². The first-order chi connectivity index (χ1) is 9.32. The summed E-state index contributed by atoms with van der Waals surface area (Å²) in [4.78, 5) is 14.1. The zero-order chi connectivity index (χ0) is 14.9. The summed E-state index contributed by atoms with van der Waals surface area (Å²) >= 11 is 1.49. The number of hydrogen-bond donors (Lipinski definition) is 2. The lowest BCUT2D eigenvalue weighted by Crippen LogP contribution is -2.26. The van der Waals surface area contributed by atoms with Gasteiger partial charge < -0.3 is 10.1 Å². The molecule has 6 nitrogen and oxygen atoms in total. The molecule has 0 radical (unpaired) electrons. The number of carboxylic acid groups (broad SMARTS) is 1. The molecule has 108 valence electrons. The fourth-order valence-electron chi connectivity index (χ4n) is 1.68. The SMILES string of the molecule is Cc1ccsc1CN(C)S(=O)(=O)c1c[nH]c(C(=O)O)c1. The molecule has 0 aliphatic carbocycles. The minimum Gasteiger partial charge on any atom is -0.477 e. The largest absolute Gasteiger partial charge is 0.477 e. The number of sulfonamides is 1. The molecular weight excluding hydrogens is 300 g/mol. The van der Waals surface area contributed by atoms with Crippen molar-refractivity contribution in [2.24, 2.45) is 0 Å². The summed E-state index contributed by atoms with van der Waals surface area (Å²) in [5.41, 5.74) is 0.890. The van der Waals surface area contributed by atoms with Crippen LogP contribution in [0.3, 0.4) is 0 Å². The number of carbonyl (C=O) groups is 1. The number of nitrogens with zero attached hydrogens (tertiary/aromatic N) is 1. The smallest absolute Gasteiger partial charge is 0.352 e. The average Bonchev–Trinajstić information content (AvgIpc) is 2.99. The van der Waals surface area contributed by atoms with Gasteiger partial charge in [-0.3, -0.25) is 0 Å². The van der Waals surface area contributed by atoms with E-state index in [1.807, 2.05) is 18.4 Å². The van der Waals surface area contributed by atoms with Gasteiger partial charge in [-0.2, -0.15) is 4.31 Å². The second-order valence-corrected chi connectivity index (χ2v) is 7.39. The van der Waals surface area contributed by atoms with Crippen LogP contribution in [0.5, 0.6) is 0 Å². The second-order valence-electron chi connectivity index (χ2n) is 4.34. The van der Waals surface area contributed by atoms with Crippen molar-refractivity contribution < 1.29 is 18.3 Å². The number of hydrogen-bond acceptors (Lipinski definition) is 4. The van der Waals surface area contributed by atoms with E-state index in [0.29, 0.717) is 0 Å². The zero-order valence-electron chi connectivity index (χ0n) is 11.0. The van der Waals surface area contributed by atoms with Gasteiger partial charge in [0.1, 0.15) is 10.6 Å². The van der Waals surface area contributed by atoms with Gasteiger partial charge in [-0.1, -0.05) is 0 Å². The van der Waals surface area contributed by atoms with Gasteiger partial charge in [0.25, 0.3) is 0 Å². The van der Waals surface area contributed by atoms with Crippen molar-refractivity contribution in [2.45, 2.75) is 18.4 Å². The van der Waals surface area contributed by atoms with Gasteiger partial charge in [0.15, 0.2) is 0 Å². The van der Waals surface area contributed by atoms with Gasteiger partial charge >= 0.3 is 5.97 Å². The molecule has 8 heteroatoms. The quantitative estimate of drug-likeness (QED) is 0.882. The van der Waals surface area contributed by atoms with Gasteiger partial charge in [-0.05, 0) is 30.0 Å². The summed E-state index contributed by atoms with van der Waals surface area (Å²) in [6.07, 6.45) is 1.19. The third-order valence-electron chi connectivity index (χ3n) is 2.93. The van der Waals surface area contributed by atoms with Crippen LogP contribution in [-0.4, -0.2) is 35.8 Å². The highest BCUT2D eigenvalue weighted by Crippen LogP contribution is 2.22. The van der Waals surface area contributed by atoms with Crippen LogP contribution in [0.15, 0.2) is 28.6 Å². The molecule has 0 bridgehead atoms. The summed E-state index contributed by atoms with van der Waals surface area (Å²) < 4.78 is 25.9. The predicted octanol–water partition coefficient (Wildman–Crippen LogP) is 1.90. The molecule has 2 rings (SSSR count). The summed E-state index contributed by atoms with van der Waals surface area (Å²) in [6, 6.07) is 3.05. The van der Waals surface area contributed by atoms with E-state index in [-0.39, 0.29) is 17.1 Å². The highest BCUT2D eigenvalue weighted by molar-refractivity contribution is 7.89. The molecule has 0 amide bonds. The van der Waals surface area contributed by atoms with Crippen LogP contribution in [0.1, 0.15) is 20.9 Å². The Hall–Kier alpha value is -1.64. The predicted molar refractivity (Wildman–Crippen MR) is 75.5 cm³/mol. The summed E-state index contributed by atoms with van der Waals surface area (Å²) in [5.74, 6) is -1.19. The molecule has 20 heavy (non-hydrogen) atoms. The molecule has 0 aliphatic heterocycles. The molecule has 2 aromatic heterocycles. The molecule has 0 aromatic carbocycles. The fraction of sp³-hybridized carbons (Fsp3) is 0.250. The number of aromatic nitrogens is 1. The van der Waals surface area contributed by atoms with Crippen LogP contribution in [0.4, 0.5) is 0 Å². The Labute approximate surface area is 120 Å². The Morgan fingerprint density at radius 1 is 1.50 bits per heavy atom. The number of aromatic amines is 1. The highest BCUT2D eigenvalue weighted by atomic mass is 32.2. The maximum Gasteiger partial charge on any atom is 0.352 e. The topological polar surface area (TPSA) is 90.5 Å².